The van der Waals surface area contributed by atoms with Crippen molar-refractivity contribution in [3.8, 4) is 0 Å². The molecule has 25 heavy (non-hydrogen) atoms. The second kappa shape index (κ2) is 11.1. The second-order valence-electron chi connectivity index (χ2n) is 8.26. The van der Waals surface area contributed by atoms with Gasteiger partial charge in [-0.1, -0.05) is 51.9 Å². The lowest BCUT2D eigenvalue weighted by Crippen LogP contribution is -2.29. The Hall–Kier alpha value is -0.670. The first-order valence-corrected chi connectivity index (χ1v) is 10.5. The predicted octanol–water partition coefficient (Wildman–Crippen LogP) is 6.38. The van der Waals surface area contributed by atoms with Gasteiger partial charge in [-0.3, -0.25) is 4.79 Å². The van der Waals surface area contributed by atoms with Crippen LogP contribution in [-0.2, 0) is 9.53 Å². The van der Waals surface area contributed by atoms with E-state index in [4.69, 9.17) is 4.74 Å². The average Bonchev–Trinajstić information content (AvgIpc) is 2.64. The largest absolute Gasteiger partial charge is 0.459 e. The third kappa shape index (κ3) is 7.22. The number of alkyl halides is 2. The fourth-order valence-corrected chi connectivity index (χ4v) is 4.90. The zero-order chi connectivity index (χ0) is 18.1. The molecule has 0 radical (unpaired) electrons. The van der Waals surface area contributed by atoms with Crippen LogP contribution in [0.2, 0.25) is 0 Å². The van der Waals surface area contributed by atoms with E-state index in [0.29, 0.717) is 0 Å². The summed E-state index contributed by atoms with van der Waals surface area (Å²) in [6.45, 7) is 1.51. The zero-order valence-electron chi connectivity index (χ0n) is 15.9. The number of carbonyl (C=O) groups is 1. The first-order chi connectivity index (χ1) is 12.1. The smallest absolute Gasteiger partial charge is 0.309 e. The van der Waals surface area contributed by atoms with Crippen LogP contribution in [-0.4, -0.2) is 19.0 Å². The molecule has 2 fully saturated rings. The number of ether oxygens (including phenoxy) is 1. The van der Waals surface area contributed by atoms with Gasteiger partial charge in [0, 0.05) is 0 Å². The average molecular weight is 359 g/mol. The van der Waals surface area contributed by atoms with Gasteiger partial charge >= 0.3 is 5.97 Å². The molecule has 4 heteroatoms. The van der Waals surface area contributed by atoms with Gasteiger partial charge in [0.15, 0.2) is 6.61 Å². The lowest BCUT2D eigenvalue weighted by molar-refractivity contribution is -0.154. The summed E-state index contributed by atoms with van der Waals surface area (Å²) in [5.41, 5.74) is 0. The van der Waals surface area contributed by atoms with Crippen molar-refractivity contribution in [1.82, 2.24) is 0 Å². The van der Waals surface area contributed by atoms with Gasteiger partial charge in [0.25, 0.3) is 6.43 Å². The number of hydrogen-bond donors (Lipinski definition) is 0. The Morgan fingerprint density at radius 2 is 1.52 bits per heavy atom. The van der Waals surface area contributed by atoms with E-state index in [-0.39, 0.29) is 5.92 Å². The molecule has 0 N–H and O–H groups in total. The van der Waals surface area contributed by atoms with Crippen LogP contribution < -0.4 is 0 Å². The van der Waals surface area contributed by atoms with Gasteiger partial charge < -0.3 is 4.74 Å². The predicted molar refractivity (Wildman–Crippen MR) is 96.6 cm³/mol. The molecule has 2 aliphatic carbocycles. The van der Waals surface area contributed by atoms with Gasteiger partial charge in [-0.15, -0.1) is 0 Å². The first kappa shape index (κ1) is 20.6. The highest BCUT2D eigenvalue weighted by molar-refractivity contribution is 5.72. The highest BCUT2D eigenvalue weighted by Crippen LogP contribution is 2.42. The quantitative estimate of drug-likeness (QED) is 0.353. The summed E-state index contributed by atoms with van der Waals surface area (Å²) in [6, 6.07) is 0. The topological polar surface area (TPSA) is 26.3 Å². The first-order valence-electron chi connectivity index (χ1n) is 10.5. The van der Waals surface area contributed by atoms with Crippen LogP contribution in [0.25, 0.3) is 0 Å². The van der Waals surface area contributed by atoms with Gasteiger partial charge in [-0.05, 0) is 56.3 Å². The van der Waals surface area contributed by atoms with Crippen LogP contribution in [0.1, 0.15) is 90.4 Å². The summed E-state index contributed by atoms with van der Waals surface area (Å²) in [6.07, 6.45) is 13.6. The van der Waals surface area contributed by atoms with E-state index in [1.54, 1.807) is 0 Å². The van der Waals surface area contributed by atoms with Crippen molar-refractivity contribution in [2.24, 2.45) is 23.7 Å². The molecule has 0 aromatic carbocycles. The number of hydrogen-bond acceptors (Lipinski definition) is 2. The second-order valence-corrected chi connectivity index (χ2v) is 8.26. The van der Waals surface area contributed by atoms with Crippen molar-refractivity contribution in [2.75, 3.05) is 6.61 Å². The standard InChI is InChI=1S/C21H36F2O2/c1-2-3-4-5-6-16-7-9-17(10-8-16)18-11-13-19(14-12-18)21(24)25-15-20(22)23/h16-20H,2-15H2,1H3/t16-,17-,18-,19-. The molecule has 0 aromatic heterocycles. The SMILES string of the molecule is CCCCCC[C@H]1CC[C@H]([C@H]2CC[C@H](C(=O)OCC(F)F)CC2)CC1. The molecule has 2 saturated carbocycles. The number of esters is 1. The molecule has 2 aliphatic rings. The fourth-order valence-electron chi connectivity index (χ4n) is 4.90. The maximum absolute atomic E-state index is 12.1. The van der Waals surface area contributed by atoms with Gasteiger partial charge in [-0.2, -0.15) is 0 Å². The highest BCUT2D eigenvalue weighted by atomic mass is 19.3. The molecule has 2 rings (SSSR count). The number of rotatable bonds is 9. The Morgan fingerprint density at radius 3 is 2.08 bits per heavy atom. The Balaban J connectivity index is 1.61. The molecule has 0 spiro atoms. The maximum atomic E-state index is 12.1. The van der Waals surface area contributed by atoms with E-state index < -0.39 is 19.0 Å². The van der Waals surface area contributed by atoms with Gasteiger partial charge in [-0.25, -0.2) is 8.78 Å². The molecule has 0 atom stereocenters. The molecule has 0 aliphatic heterocycles. The van der Waals surface area contributed by atoms with Gasteiger partial charge in [0.2, 0.25) is 0 Å². The molecular weight excluding hydrogens is 322 g/mol. The van der Waals surface area contributed by atoms with E-state index in [0.717, 1.165) is 43.4 Å². The molecule has 0 heterocycles. The molecule has 0 saturated heterocycles. The summed E-state index contributed by atoms with van der Waals surface area (Å²) in [5.74, 6) is 1.94. The van der Waals surface area contributed by atoms with Crippen molar-refractivity contribution in [3.05, 3.63) is 0 Å². The minimum atomic E-state index is -2.56. The van der Waals surface area contributed by atoms with Crippen molar-refractivity contribution in [1.29, 1.82) is 0 Å². The molecule has 2 nitrogen and oxygen atoms in total. The number of halogens is 2. The van der Waals surface area contributed by atoms with Crippen LogP contribution in [0.15, 0.2) is 0 Å². The van der Waals surface area contributed by atoms with Crippen LogP contribution in [0, 0.1) is 23.7 Å². The zero-order valence-corrected chi connectivity index (χ0v) is 15.9. The minimum Gasteiger partial charge on any atom is -0.459 e. The number of unbranched alkanes of at least 4 members (excludes halogenated alkanes) is 3. The van der Waals surface area contributed by atoms with Gasteiger partial charge in [0.05, 0.1) is 5.92 Å². The monoisotopic (exact) mass is 358 g/mol. The van der Waals surface area contributed by atoms with Gasteiger partial charge in [0.1, 0.15) is 0 Å². The maximum Gasteiger partial charge on any atom is 0.309 e. The summed E-state index contributed by atoms with van der Waals surface area (Å²) in [4.78, 5) is 11.8. The molecular formula is C21H36F2O2. The molecule has 0 aromatic rings. The Labute approximate surface area is 152 Å². The summed E-state index contributed by atoms with van der Waals surface area (Å²) < 4.78 is 29.0. The van der Waals surface area contributed by atoms with Crippen LogP contribution in [0.4, 0.5) is 8.78 Å². The van der Waals surface area contributed by atoms with E-state index >= 15 is 0 Å². The Bertz CT molecular complexity index is 370. The van der Waals surface area contributed by atoms with Crippen molar-refractivity contribution in [2.45, 2.75) is 96.8 Å². The molecule has 0 bridgehead atoms. The fraction of sp³-hybridized carbons (Fsp3) is 0.952. The lowest BCUT2D eigenvalue weighted by atomic mass is 9.68. The Morgan fingerprint density at radius 1 is 0.920 bits per heavy atom. The third-order valence-corrected chi connectivity index (χ3v) is 6.48. The van der Waals surface area contributed by atoms with E-state index in [2.05, 4.69) is 6.92 Å². The number of carbonyl (C=O) groups excluding carboxylic acids is 1. The Kier molecular flexibility index (Phi) is 9.19. The van der Waals surface area contributed by atoms with E-state index in [1.807, 2.05) is 0 Å². The third-order valence-electron chi connectivity index (χ3n) is 6.48. The highest BCUT2D eigenvalue weighted by Gasteiger charge is 2.33. The molecule has 0 amide bonds. The van der Waals surface area contributed by atoms with E-state index in [9.17, 15) is 13.6 Å². The van der Waals surface area contributed by atoms with Crippen molar-refractivity contribution in [3.63, 3.8) is 0 Å². The lowest BCUT2D eigenvalue weighted by Gasteiger charge is -2.37. The van der Waals surface area contributed by atoms with Crippen molar-refractivity contribution >= 4 is 5.97 Å². The summed E-state index contributed by atoms with van der Waals surface area (Å²) in [7, 11) is 0. The van der Waals surface area contributed by atoms with Crippen LogP contribution in [0.5, 0.6) is 0 Å². The minimum absolute atomic E-state index is 0.148. The molecule has 146 valence electrons. The van der Waals surface area contributed by atoms with Crippen LogP contribution in [0.3, 0.4) is 0 Å². The summed E-state index contributed by atoms with van der Waals surface area (Å²) in [5, 5.41) is 0. The van der Waals surface area contributed by atoms with Crippen LogP contribution >= 0.6 is 0 Å². The molecule has 0 unspecified atom stereocenters. The van der Waals surface area contributed by atoms with E-state index in [1.165, 1.54) is 57.8 Å². The summed E-state index contributed by atoms with van der Waals surface area (Å²) >= 11 is 0. The van der Waals surface area contributed by atoms with Crippen molar-refractivity contribution < 1.29 is 18.3 Å². The normalized spacial score (nSPS) is 30.4.